The van der Waals surface area contributed by atoms with E-state index in [0.29, 0.717) is 5.69 Å². The van der Waals surface area contributed by atoms with E-state index in [-0.39, 0.29) is 5.91 Å². The predicted molar refractivity (Wildman–Crippen MR) is 92.6 cm³/mol. The average Bonchev–Trinajstić information content (AvgIpc) is 2.59. The number of pyridine rings is 1. The third-order valence-corrected chi connectivity index (χ3v) is 3.61. The smallest absolute Gasteiger partial charge is 0.266 e. The van der Waals surface area contributed by atoms with Crippen molar-refractivity contribution < 1.29 is 4.79 Å². The number of amides is 1. The van der Waals surface area contributed by atoms with E-state index in [2.05, 4.69) is 33.7 Å². The van der Waals surface area contributed by atoms with Crippen LogP contribution < -0.4 is 5.43 Å². The van der Waals surface area contributed by atoms with Crippen molar-refractivity contribution in [2.24, 2.45) is 5.10 Å². The summed E-state index contributed by atoms with van der Waals surface area (Å²) in [4.78, 5) is 16.2. The molecule has 3 aromatic rings. The molecule has 0 radical (unpaired) electrons. The third-order valence-electron chi connectivity index (χ3n) is 3.61. The lowest BCUT2D eigenvalue weighted by Crippen LogP contribution is -2.20. The third kappa shape index (κ3) is 3.43. The van der Waals surface area contributed by atoms with Gasteiger partial charge in [-0.15, -0.1) is 0 Å². The lowest BCUT2D eigenvalue weighted by atomic mass is 10.0. The first-order chi connectivity index (χ1) is 11.1. The van der Waals surface area contributed by atoms with E-state index in [1.54, 1.807) is 12.1 Å². The quantitative estimate of drug-likeness (QED) is 0.592. The Morgan fingerprint density at radius 3 is 2.57 bits per heavy atom. The van der Waals surface area contributed by atoms with Crippen LogP contribution in [0.2, 0.25) is 0 Å². The molecule has 0 unspecified atom stereocenters. The zero-order chi connectivity index (χ0) is 16.2. The summed E-state index contributed by atoms with van der Waals surface area (Å²) < 4.78 is 0. The molecule has 0 fully saturated rings. The molecular weight excluding hydrogens is 286 g/mol. The van der Waals surface area contributed by atoms with Gasteiger partial charge in [0.1, 0.15) is 5.69 Å². The molecule has 1 aromatic heterocycles. The highest BCUT2D eigenvalue weighted by atomic mass is 16.2. The minimum atomic E-state index is -0.311. The molecule has 0 spiro atoms. The standard InChI is InChI=1S/C19H17N3O/c1-13-6-5-9-18(20-13)19(23)22-21-14(2)16-11-10-15-7-3-4-8-17(15)12-16/h3-12H,1-2H3,(H,22,23)/b21-14+. The normalized spacial score (nSPS) is 11.5. The molecule has 23 heavy (non-hydrogen) atoms. The molecule has 0 saturated heterocycles. The number of aromatic nitrogens is 1. The van der Waals surface area contributed by atoms with E-state index in [0.717, 1.165) is 22.4 Å². The van der Waals surface area contributed by atoms with Crippen molar-refractivity contribution in [1.82, 2.24) is 10.4 Å². The molecule has 3 rings (SSSR count). The van der Waals surface area contributed by atoms with Gasteiger partial charge in [0.25, 0.3) is 5.91 Å². The van der Waals surface area contributed by atoms with Crippen LogP contribution in [-0.4, -0.2) is 16.6 Å². The number of benzene rings is 2. The van der Waals surface area contributed by atoms with Gasteiger partial charge in [0.05, 0.1) is 5.71 Å². The minimum absolute atomic E-state index is 0.311. The van der Waals surface area contributed by atoms with Gasteiger partial charge in [-0.05, 0) is 48.4 Å². The number of carbonyl (C=O) groups is 1. The highest BCUT2D eigenvalue weighted by Crippen LogP contribution is 2.16. The van der Waals surface area contributed by atoms with Crippen molar-refractivity contribution in [3.63, 3.8) is 0 Å². The Morgan fingerprint density at radius 2 is 1.78 bits per heavy atom. The zero-order valence-corrected chi connectivity index (χ0v) is 13.1. The summed E-state index contributed by atoms with van der Waals surface area (Å²) in [6.45, 7) is 3.72. The molecule has 0 atom stereocenters. The van der Waals surface area contributed by atoms with Gasteiger partial charge < -0.3 is 0 Å². The van der Waals surface area contributed by atoms with E-state index < -0.39 is 0 Å². The fraction of sp³-hybridized carbons (Fsp3) is 0.105. The summed E-state index contributed by atoms with van der Waals surface area (Å²) in [5.41, 5.74) is 5.44. The largest absolute Gasteiger partial charge is 0.289 e. The molecule has 1 amide bonds. The van der Waals surface area contributed by atoms with Crippen LogP contribution in [0.25, 0.3) is 10.8 Å². The Morgan fingerprint density at radius 1 is 1.00 bits per heavy atom. The number of hydrazone groups is 1. The fourth-order valence-electron chi connectivity index (χ4n) is 2.34. The molecule has 0 aliphatic rings. The topological polar surface area (TPSA) is 54.4 Å². The molecule has 4 heteroatoms. The molecule has 0 saturated carbocycles. The van der Waals surface area contributed by atoms with Crippen molar-refractivity contribution in [2.45, 2.75) is 13.8 Å². The van der Waals surface area contributed by atoms with E-state index in [4.69, 9.17) is 0 Å². The summed E-state index contributed by atoms with van der Waals surface area (Å²) >= 11 is 0. The van der Waals surface area contributed by atoms with Gasteiger partial charge in [-0.2, -0.15) is 5.10 Å². The van der Waals surface area contributed by atoms with Crippen LogP contribution in [0.4, 0.5) is 0 Å². The maximum atomic E-state index is 12.1. The Balaban J connectivity index is 1.79. The Hall–Kier alpha value is -3.01. The Bertz CT molecular complexity index is 900. The number of hydrogen-bond acceptors (Lipinski definition) is 3. The van der Waals surface area contributed by atoms with Crippen molar-refractivity contribution >= 4 is 22.4 Å². The Labute approximate surface area is 134 Å². The second kappa shape index (κ2) is 6.40. The minimum Gasteiger partial charge on any atom is -0.266 e. The number of fused-ring (bicyclic) bond motifs is 1. The van der Waals surface area contributed by atoms with Crippen molar-refractivity contribution in [1.29, 1.82) is 0 Å². The maximum absolute atomic E-state index is 12.1. The second-order valence-corrected chi connectivity index (χ2v) is 5.36. The molecule has 4 nitrogen and oxygen atoms in total. The first kappa shape index (κ1) is 14.9. The van der Waals surface area contributed by atoms with Crippen LogP contribution in [0.3, 0.4) is 0 Å². The molecular formula is C19H17N3O. The van der Waals surface area contributed by atoms with E-state index in [1.165, 1.54) is 5.39 Å². The Kier molecular flexibility index (Phi) is 4.15. The number of nitrogens with zero attached hydrogens (tertiary/aromatic N) is 2. The summed E-state index contributed by atoms with van der Waals surface area (Å²) in [5.74, 6) is -0.311. The molecule has 0 bridgehead atoms. The number of aryl methyl sites for hydroxylation is 1. The maximum Gasteiger partial charge on any atom is 0.289 e. The monoisotopic (exact) mass is 303 g/mol. The lowest BCUT2D eigenvalue weighted by Gasteiger charge is -2.05. The predicted octanol–water partition coefficient (Wildman–Crippen LogP) is 3.70. The molecule has 1 heterocycles. The summed E-state index contributed by atoms with van der Waals surface area (Å²) in [6, 6.07) is 19.6. The van der Waals surface area contributed by atoms with Gasteiger partial charge >= 0.3 is 0 Å². The van der Waals surface area contributed by atoms with Crippen LogP contribution in [-0.2, 0) is 0 Å². The highest BCUT2D eigenvalue weighted by Gasteiger charge is 2.06. The lowest BCUT2D eigenvalue weighted by molar-refractivity contribution is 0.0949. The first-order valence-electron chi connectivity index (χ1n) is 7.41. The summed E-state index contributed by atoms with van der Waals surface area (Å²) in [6.07, 6.45) is 0. The highest BCUT2D eigenvalue weighted by molar-refractivity contribution is 6.03. The zero-order valence-electron chi connectivity index (χ0n) is 13.1. The van der Waals surface area contributed by atoms with Crippen molar-refractivity contribution in [2.75, 3.05) is 0 Å². The van der Waals surface area contributed by atoms with Gasteiger partial charge in [0.15, 0.2) is 0 Å². The summed E-state index contributed by atoms with van der Waals surface area (Å²) in [5, 5.41) is 6.51. The number of rotatable bonds is 3. The second-order valence-electron chi connectivity index (χ2n) is 5.36. The molecule has 0 aliphatic heterocycles. The average molecular weight is 303 g/mol. The molecule has 0 aliphatic carbocycles. The van der Waals surface area contributed by atoms with Gasteiger partial charge in [-0.25, -0.2) is 10.4 Å². The molecule has 1 N–H and O–H groups in total. The van der Waals surface area contributed by atoms with Gasteiger partial charge in [0, 0.05) is 5.69 Å². The SMILES string of the molecule is C/C(=N\NC(=O)c1cccc(C)n1)c1ccc2ccccc2c1. The van der Waals surface area contributed by atoms with Crippen LogP contribution in [0.1, 0.15) is 28.7 Å². The van der Waals surface area contributed by atoms with Crippen molar-refractivity contribution in [3.05, 3.63) is 77.6 Å². The molecule has 114 valence electrons. The van der Waals surface area contributed by atoms with Gasteiger partial charge in [0.2, 0.25) is 0 Å². The number of carbonyl (C=O) groups excluding carboxylic acids is 1. The van der Waals surface area contributed by atoms with Crippen LogP contribution in [0, 0.1) is 6.92 Å². The van der Waals surface area contributed by atoms with E-state index in [9.17, 15) is 4.79 Å². The number of hydrogen-bond donors (Lipinski definition) is 1. The van der Waals surface area contributed by atoms with Gasteiger partial charge in [-0.3, -0.25) is 4.79 Å². The van der Waals surface area contributed by atoms with Crippen molar-refractivity contribution in [3.8, 4) is 0 Å². The van der Waals surface area contributed by atoms with E-state index >= 15 is 0 Å². The number of nitrogens with one attached hydrogen (secondary N) is 1. The summed E-state index contributed by atoms with van der Waals surface area (Å²) in [7, 11) is 0. The van der Waals surface area contributed by atoms with E-state index in [1.807, 2.05) is 44.2 Å². The fourth-order valence-corrected chi connectivity index (χ4v) is 2.34. The van der Waals surface area contributed by atoms with Crippen LogP contribution in [0.5, 0.6) is 0 Å². The van der Waals surface area contributed by atoms with Gasteiger partial charge in [-0.1, -0.05) is 42.5 Å². The first-order valence-corrected chi connectivity index (χ1v) is 7.41. The van der Waals surface area contributed by atoms with Crippen LogP contribution in [0.15, 0.2) is 65.8 Å². The molecule has 2 aromatic carbocycles. The van der Waals surface area contributed by atoms with Crippen LogP contribution >= 0.6 is 0 Å².